The van der Waals surface area contributed by atoms with Gasteiger partial charge >= 0.3 is 0 Å². The van der Waals surface area contributed by atoms with Gasteiger partial charge in [0.1, 0.15) is 0 Å². The quantitative estimate of drug-likeness (QED) is 0.919. The number of halogens is 1. The summed E-state index contributed by atoms with van der Waals surface area (Å²) < 4.78 is 22.1. The number of sulfonamides is 1. The van der Waals surface area contributed by atoms with Gasteiger partial charge in [0.05, 0.1) is 5.75 Å². The summed E-state index contributed by atoms with van der Waals surface area (Å²) in [6.07, 6.45) is 1.84. The maximum Gasteiger partial charge on any atom is 0.209 e. The third kappa shape index (κ3) is 5.91. The van der Waals surface area contributed by atoms with E-state index in [9.17, 15) is 8.42 Å². The first-order valence-electron chi connectivity index (χ1n) is 6.30. The van der Waals surface area contributed by atoms with Crippen molar-refractivity contribution in [3.63, 3.8) is 0 Å². The Bertz CT molecular complexity index is 471. The van der Waals surface area contributed by atoms with Crippen molar-refractivity contribution < 1.29 is 8.42 Å². The molecule has 0 radical (unpaired) electrons. The highest BCUT2D eigenvalue weighted by molar-refractivity contribution is 7.89. The Labute approximate surface area is 121 Å². The first-order valence-corrected chi connectivity index (χ1v) is 8.01. The summed E-state index contributed by atoms with van der Waals surface area (Å²) in [6, 6.07) is 10.3. The summed E-state index contributed by atoms with van der Waals surface area (Å²) in [5.74, 6) is 0.360. The van der Waals surface area contributed by atoms with Crippen LogP contribution in [0, 0.1) is 5.92 Å². The highest BCUT2D eigenvalue weighted by Gasteiger charge is 2.22. The molecule has 1 saturated heterocycles. The van der Waals surface area contributed by atoms with Crippen molar-refractivity contribution in [2.75, 3.05) is 18.8 Å². The molecule has 6 heteroatoms. The predicted octanol–water partition coefficient (Wildman–Crippen LogP) is 1.61. The molecule has 4 nitrogen and oxygen atoms in total. The number of likely N-dealkylation sites (tertiary alicyclic amines) is 1. The van der Waals surface area contributed by atoms with Crippen LogP contribution in [0.1, 0.15) is 18.4 Å². The molecule has 1 aliphatic rings. The largest absolute Gasteiger partial charge is 0.299 e. The summed E-state index contributed by atoms with van der Waals surface area (Å²) in [7, 11) is -3.32. The monoisotopic (exact) mass is 304 g/mol. The number of rotatable bonds is 4. The van der Waals surface area contributed by atoms with Crippen LogP contribution < -0.4 is 5.14 Å². The van der Waals surface area contributed by atoms with Crippen LogP contribution >= 0.6 is 12.4 Å². The fourth-order valence-corrected chi connectivity index (χ4v) is 3.47. The van der Waals surface area contributed by atoms with Crippen LogP contribution in [-0.2, 0) is 16.6 Å². The molecule has 2 rings (SSSR count). The van der Waals surface area contributed by atoms with Crippen molar-refractivity contribution in [1.82, 2.24) is 4.90 Å². The van der Waals surface area contributed by atoms with Gasteiger partial charge in [0.2, 0.25) is 10.0 Å². The van der Waals surface area contributed by atoms with Crippen LogP contribution in [0.4, 0.5) is 0 Å². The lowest BCUT2D eigenvalue weighted by Crippen LogP contribution is -2.36. The third-order valence-electron chi connectivity index (χ3n) is 3.42. The van der Waals surface area contributed by atoms with E-state index in [2.05, 4.69) is 17.0 Å². The van der Waals surface area contributed by atoms with E-state index >= 15 is 0 Å². The van der Waals surface area contributed by atoms with Crippen LogP contribution in [0.3, 0.4) is 0 Å². The summed E-state index contributed by atoms with van der Waals surface area (Å²) in [6.45, 7) is 2.85. The van der Waals surface area contributed by atoms with Crippen LogP contribution in [0.15, 0.2) is 30.3 Å². The molecule has 1 heterocycles. The van der Waals surface area contributed by atoms with Gasteiger partial charge < -0.3 is 0 Å². The minimum atomic E-state index is -3.32. The highest BCUT2D eigenvalue weighted by Crippen LogP contribution is 2.19. The zero-order valence-corrected chi connectivity index (χ0v) is 12.5. The van der Waals surface area contributed by atoms with E-state index in [-0.39, 0.29) is 24.1 Å². The second-order valence-electron chi connectivity index (χ2n) is 5.03. The number of hydrogen-bond acceptors (Lipinski definition) is 3. The van der Waals surface area contributed by atoms with Crippen molar-refractivity contribution in [3.8, 4) is 0 Å². The molecule has 1 aromatic rings. The Morgan fingerprint density at radius 3 is 2.26 bits per heavy atom. The van der Waals surface area contributed by atoms with Crippen molar-refractivity contribution >= 4 is 22.4 Å². The summed E-state index contributed by atoms with van der Waals surface area (Å²) >= 11 is 0. The van der Waals surface area contributed by atoms with Gasteiger partial charge in [0, 0.05) is 6.54 Å². The molecule has 108 valence electrons. The van der Waals surface area contributed by atoms with Crippen LogP contribution in [0.2, 0.25) is 0 Å². The third-order valence-corrected chi connectivity index (χ3v) is 4.36. The minimum absolute atomic E-state index is 0. The lowest BCUT2D eigenvalue weighted by Gasteiger charge is -2.31. The molecule has 1 fully saturated rings. The maximum absolute atomic E-state index is 11.0. The Hall–Kier alpha value is -0.620. The van der Waals surface area contributed by atoms with Gasteiger partial charge in [-0.2, -0.15) is 0 Å². The number of piperidine rings is 1. The van der Waals surface area contributed by atoms with Gasteiger partial charge in [-0.1, -0.05) is 30.3 Å². The SMILES string of the molecule is Cl.NS(=O)(=O)CC1CCN(Cc2ccccc2)CC1. The fraction of sp³-hybridized carbons (Fsp3) is 0.538. The lowest BCUT2D eigenvalue weighted by molar-refractivity contribution is 0.186. The molecule has 1 aromatic carbocycles. The van der Waals surface area contributed by atoms with Gasteiger partial charge in [-0.3, -0.25) is 4.90 Å². The zero-order valence-electron chi connectivity index (χ0n) is 10.9. The fourth-order valence-electron chi connectivity index (χ4n) is 2.48. The smallest absolute Gasteiger partial charge is 0.209 e. The summed E-state index contributed by atoms with van der Waals surface area (Å²) in [5, 5.41) is 5.08. The molecule has 0 atom stereocenters. The maximum atomic E-state index is 11.0. The first kappa shape index (κ1) is 16.4. The standard InChI is InChI=1S/C13H20N2O2S.ClH/c14-18(16,17)11-13-6-8-15(9-7-13)10-12-4-2-1-3-5-12;/h1-5,13H,6-11H2,(H2,14,16,17);1H. The van der Waals surface area contributed by atoms with E-state index in [1.165, 1.54) is 5.56 Å². The Balaban J connectivity index is 0.00000180. The van der Waals surface area contributed by atoms with Crippen LogP contribution in [-0.4, -0.2) is 32.2 Å². The van der Waals surface area contributed by atoms with Crippen LogP contribution in [0.5, 0.6) is 0 Å². The van der Waals surface area contributed by atoms with Gasteiger partial charge in [0.25, 0.3) is 0 Å². The van der Waals surface area contributed by atoms with Gasteiger partial charge in [-0.15, -0.1) is 12.4 Å². The van der Waals surface area contributed by atoms with E-state index in [4.69, 9.17) is 5.14 Å². The Morgan fingerprint density at radius 1 is 1.16 bits per heavy atom. The summed E-state index contributed by atoms with van der Waals surface area (Å²) in [4.78, 5) is 2.37. The van der Waals surface area contributed by atoms with Gasteiger partial charge in [-0.05, 0) is 37.4 Å². The predicted molar refractivity (Wildman–Crippen MR) is 79.7 cm³/mol. The second kappa shape index (κ2) is 7.24. The molecule has 1 aliphatic heterocycles. The molecule has 0 aliphatic carbocycles. The van der Waals surface area contributed by atoms with E-state index in [0.717, 1.165) is 32.5 Å². The van der Waals surface area contributed by atoms with E-state index in [0.29, 0.717) is 0 Å². The number of benzene rings is 1. The van der Waals surface area contributed by atoms with E-state index < -0.39 is 10.0 Å². The first-order chi connectivity index (χ1) is 8.53. The molecule has 0 spiro atoms. The number of primary sulfonamides is 1. The van der Waals surface area contributed by atoms with Crippen molar-refractivity contribution in [3.05, 3.63) is 35.9 Å². The molecule has 0 saturated carbocycles. The molecule has 2 N–H and O–H groups in total. The van der Waals surface area contributed by atoms with Crippen molar-refractivity contribution in [2.45, 2.75) is 19.4 Å². The minimum Gasteiger partial charge on any atom is -0.299 e. The molecular weight excluding hydrogens is 284 g/mol. The number of nitrogens with zero attached hydrogens (tertiary/aromatic N) is 1. The van der Waals surface area contributed by atoms with Gasteiger partial charge in [0.15, 0.2) is 0 Å². The molecule has 0 unspecified atom stereocenters. The molecule has 0 bridgehead atoms. The van der Waals surface area contributed by atoms with E-state index in [1.54, 1.807) is 0 Å². The van der Waals surface area contributed by atoms with E-state index in [1.807, 2.05) is 18.2 Å². The highest BCUT2D eigenvalue weighted by atomic mass is 35.5. The average molecular weight is 305 g/mol. The van der Waals surface area contributed by atoms with Crippen molar-refractivity contribution in [2.24, 2.45) is 11.1 Å². The Kier molecular flexibility index (Phi) is 6.26. The number of nitrogens with two attached hydrogens (primary N) is 1. The Morgan fingerprint density at radius 2 is 1.74 bits per heavy atom. The molecule has 19 heavy (non-hydrogen) atoms. The number of hydrogen-bond donors (Lipinski definition) is 1. The van der Waals surface area contributed by atoms with Crippen molar-refractivity contribution in [1.29, 1.82) is 0 Å². The molecular formula is C13H21ClN2O2S. The second-order valence-corrected chi connectivity index (χ2v) is 6.69. The summed E-state index contributed by atoms with van der Waals surface area (Å²) in [5.41, 5.74) is 1.31. The average Bonchev–Trinajstić information content (AvgIpc) is 2.31. The topological polar surface area (TPSA) is 63.4 Å². The lowest BCUT2D eigenvalue weighted by atomic mass is 9.98. The molecule has 0 amide bonds. The zero-order chi connectivity index (χ0) is 13.0. The normalized spacial score (nSPS) is 17.9. The van der Waals surface area contributed by atoms with Gasteiger partial charge in [-0.25, -0.2) is 13.6 Å². The molecule has 0 aromatic heterocycles. The van der Waals surface area contributed by atoms with Crippen LogP contribution in [0.25, 0.3) is 0 Å².